The molecule has 0 saturated heterocycles. The quantitative estimate of drug-likeness (QED) is 0.236. The molecule has 4 rings (SSSR count). The van der Waals surface area contributed by atoms with Gasteiger partial charge in [-0.15, -0.1) is 5.10 Å². The van der Waals surface area contributed by atoms with Gasteiger partial charge in [-0.2, -0.15) is 0 Å². The van der Waals surface area contributed by atoms with Crippen molar-refractivity contribution in [3.05, 3.63) is 77.5 Å². The zero-order valence-electron chi connectivity index (χ0n) is 23.2. The summed E-state index contributed by atoms with van der Waals surface area (Å²) in [6.45, 7) is 10.3. The summed E-state index contributed by atoms with van der Waals surface area (Å²) in [7, 11) is 0. The van der Waals surface area contributed by atoms with Crippen LogP contribution in [0.1, 0.15) is 81.8 Å². The topological polar surface area (TPSA) is 64.4 Å². The molecular weight excluding hydrogens is 474 g/mol. The third kappa shape index (κ3) is 6.24. The molecule has 0 radical (unpaired) electrons. The van der Waals surface area contributed by atoms with Crippen LogP contribution < -0.4 is 4.90 Å². The number of carbonyl (C=O) groups is 2. The molecule has 0 unspecified atom stereocenters. The van der Waals surface area contributed by atoms with E-state index in [-0.39, 0.29) is 24.5 Å². The lowest BCUT2D eigenvalue weighted by Gasteiger charge is -2.32. The summed E-state index contributed by atoms with van der Waals surface area (Å²) in [6.07, 6.45) is 7.66. The summed E-state index contributed by atoms with van der Waals surface area (Å²) in [4.78, 5) is 28.4. The van der Waals surface area contributed by atoms with Crippen LogP contribution in [0.25, 0.3) is 17.3 Å². The summed E-state index contributed by atoms with van der Waals surface area (Å²) >= 11 is 0. The van der Waals surface area contributed by atoms with Crippen LogP contribution in [0.2, 0.25) is 0 Å². The Morgan fingerprint density at radius 1 is 1.05 bits per heavy atom. The predicted octanol–water partition coefficient (Wildman–Crippen LogP) is 7.18. The lowest BCUT2D eigenvalue weighted by atomic mass is 9.82. The van der Waals surface area contributed by atoms with Gasteiger partial charge in [-0.1, -0.05) is 55.5 Å². The van der Waals surface area contributed by atoms with Gasteiger partial charge in [0.2, 0.25) is 5.91 Å². The number of hydrogen-bond acceptors (Lipinski definition) is 4. The third-order valence-electron chi connectivity index (χ3n) is 7.31. The first kappa shape index (κ1) is 27.4. The Bertz CT molecular complexity index is 1270. The Hall–Kier alpha value is -3.67. The van der Waals surface area contributed by atoms with Gasteiger partial charge in [-0.25, -0.2) is 9.48 Å². The highest BCUT2D eigenvalue weighted by atomic mass is 16.5. The van der Waals surface area contributed by atoms with Crippen LogP contribution in [0.5, 0.6) is 0 Å². The summed E-state index contributed by atoms with van der Waals surface area (Å²) in [5, 5.41) is 4.78. The summed E-state index contributed by atoms with van der Waals surface area (Å²) in [5.41, 5.74) is 4.53. The fourth-order valence-electron chi connectivity index (χ4n) is 5.09. The zero-order valence-corrected chi connectivity index (χ0v) is 23.2. The van der Waals surface area contributed by atoms with Crippen molar-refractivity contribution >= 4 is 29.3 Å². The monoisotopic (exact) mass is 513 g/mol. The molecule has 1 aliphatic carbocycles. The molecule has 200 valence electrons. The van der Waals surface area contributed by atoms with Gasteiger partial charge >= 0.3 is 5.97 Å². The van der Waals surface area contributed by atoms with E-state index in [2.05, 4.69) is 32.1 Å². The normalized spacial score (nSPS) is 17.9. The van der Waals surface area contributed by atoms with Crippen LogP contribution in [-0.2, 0) is 9.53 Å². The van der Waals surface area contributed by atoms with Crippen LogP contribution in [-0.4, -0.2) is 34.3 Å². The summed E-state index contributed by atoms with van der Waals surface area (Å²) in [5.74, 6) is 0.538. The van der Waals surface area contributed by atoms with Gasteiger partial charge in [-0.05, 0) is 88.1 Å². The minimum absolute atomic E-state index is 0.0413. The highest BCUT2D eigenvalue weighted by Crippen LogP contribution is 2.33. The van der Waals surface area contributed by atoms with E-state index in [1.807, 2.05) is 56.3 Å². The molecule has 1 fully saturated rings. The lowest BCUT2D eigenvalue weighted by Crippen LogP contribution is -2.43. The van der Waals surface area contributed by atoms with Gasteiger partial charge in [0.05, 0.1) is 12.3 Å². The molecule has 1 heterocycles. The van der Waals surface area contributed by atoms with E-state index >= 15 is 0 Å². The van der Waals surface area contributed by atoms with E-state index < -0.39 is 5.97 Å². The van der Waals surface area contributed by atoms with Gasteiger partial charge in [0, 0.05) is 18.2 Å². The second-order valence-electron chi connectivity index (χ2n) is 10.6. The molecule has 1 saturated carbocycles. The standard InChI is InChI=1S/C32H39N3O3/c1-6-38-32(37)29-21-34(28-18-14-25(15-19-28)20-24(5)26-10-8-7-9-11-26)33-30(29)35(22(2)3)31(36)27-16-12-23(4)13-17-27/h7-11,14-15,18-23,27H,6,12-13,16-17H2,1-5H3/t23-,27-. The Labute approximate surface area is 226 Å². The van der Waals surface area contributed by atoms with Crippen LogP contribution in [0.15, 0.2) is 60.8 Å². The molecule has 0 aliphatic heterocycles. The van der Waals surface area contributed by atoms with Gasteiger partial charge in [0.25, 0.3) is 0 Å². The highest BCUT2D eigenvalue weighted by molar-refractivity contribution is 6.02. The number of aromatic nitrogens is 2. The van der Waals surface area contributed by atoms with Crippen LogP contribution >= 0.6 is 0 Å². The number of rotatable bonds is 8. The molecule has 1 aromatic heterocycles. The highest BCUT2D eigenvalue weighted by Gasteiger charge is 2.34. The maximum absolute atomic E-state index is 13.7. The molecule has 1 aliphatic rings. The molecule has 38 heavy (non-hydrogen) atoms. The van der Waals surface area contributed by atoms with Crippen molar-refractivity contribution in [3.63, 3.8) is 0 Å². The maximum Gasteiger partial charge on any atom is 0.343 e. The number of nitrogens with zero attached hydrogens (tertiary/aromatic N) is 3. The van der Waals surface area contributed by atoms with E-state index in [1.165, 1.54) is 11.1 Å². The van der Waals surface area contributed by atoms with E-state index in [0.29, 0.717) is 17.3 Å². The van der Waals surface area contributed by atoms with Gasteiger partial charge in [0.1, 0.15) is 5.56 Å². The smallest absolute Gasteiger partial charge is 0.343 e. The summed E-state index contributed by atoms with van der Waals surface area (Å²) in [6, 6.07) is 18.1. The number of carbonyl (C=O) groups excluding carboxylic acids is 2. The van der Waals surface area contributed by atoms with E-state index in [0.717, 1.165) is 36.9 Å². The van der Waals surface area contributed by atoms with Crippen molar-refractivity contribution in [2.24, 2.45) is 11.8 Å². The second kappa shape index (κ2) is 12.2. The van der Waals surface area contributed by atoms with Gasteiger partial charge in [-0.3, -0.25) is 9.69 Å². The number of anilines is 1. The molecule has 3 aromatic rings. The maximum atomic E-state index is 13.7. The molecule has 2 aromatic carbocycles. The largest absolute Gasteiger partial charge is 0.462 e. The van der Waals surface area contributed by atoms with Crippen molar-refractivity contribution < 1.29 is 14.3 Å². The van der Waals surface area contributed by atoms with Gasteiger partial charge < -0.3 is 4.74 Å². The number of hydrogen-bond donors (Lipinski definition) is 0. The van der Waals surface area contributed by atoms with Crippen molar-refractivity contribution in [2.45, 2.75) is 66.3 Å². The number of benzene rings is 2. The first-order chi connectivity index (χ1) is 18.3. The van der Waals surface area contributed by atoms with Crippen molar-refractivity contribution in [1.82, 2.24) is 9.78 Å². The Morgan fingerprint density at radius 2 is 1.71 bits per heavy atom. The number of allylic oxidation sites excluding steroid dienone is 1. The second-order valence-corrected chi connectivity index (χ2v) is 10.6. The molecule has 1 amide bonds. The first-order valence-electron chi connectivity index (χ1n) is 13.7. The van der Waals surface area contributed by atoms with E-state index in [9.17, 15) is 9.59 Å². The molecule has 0 bridgehead atoms. The molecule has 6 nitrogen and oxygen atoms in total. The molecule has 6 heteroatoms. The lowest BCUT2D eigenvalue weighted by molar-refractivity contribution is -0.124. The fraction of sp³-hybridized carbons (Fsp3) is 0.406. The van der Waals surface area contributed by atoms with E-state index in [1.54, 1.807) is 22.7 Å². The molecular formula is C32H39N3O3. The Balaban J connectivity index is 1.66. The van der Waals surface area contributed by atoms with Gasteiger partial charge in [0.15, 0.2) is 5.82 Å². The third-order valence-corrected chi connectivity index (χ3v) is 7.31. The van der Waals surface area contributed by atoms with Crippen molar-refractivity contribution in [3.8, 4) is 5.69 Å². The predicted molar refractivity (Wildman–Crippen MR) is 153 cm³/mol. The minimum Gasteiger partial charge on any atom is -0.462 e. The SMILES string of the molecule is CCOC(=O)c1cn(-c2ccc(C=C(C)c3ccccc3)cc2)nc1N(C(=O)[C@H]1CC[C@H](C)CC1)C(C)C. The Kier molecular flexibility index (Phi) is 8.82. The molecule has 0 atom stereocenters. The average Bonchev–Trinajstić information content (AvgIpc) is 3.35. The van der Waals surface area contributed by atoms with Crippen LogP contribution in [0.4, 0.5) is 5.82 Å². The minimum atomic E-state index is -0.470. The fourth-order valence-corrected chi connectivity index (χ4v) is 5.09. The molecule has 0 N–H and O–H groups in total. The number of esters is 1. The number of ether oxygens (including phenoxy) is 1. The average molecular weight is 514 g/mol. The summed E-state index contributed by atoms with van der Waals surface area (Å²) < 4.78 is 7.03. The van der Waals surface area contributed by atoms with Crippen LogP contribution in [0, 0.1) is 11.8 Å². The first-order valence-corrected chi connectivity index (χ1v) is 13.7. The van der Waals surface area contributed by atoms with E-state index in [4.69, 9.17) is 9.84 Å². The number of amides is 1. The van der Waals surface area contributed by atoms with Crippen molar-refractivity contribution in [1.29, 1.82) is 0 Å². The van der Waals surface area contributed by atoms with Crippen LogP contribution in [0.3, 0.4) is 0 Å². The zero-order chi connectivity index (χ0) is 27.2. The van der Waals surface area contributed by atoms with Crippen molar-refractivity contribution in [2.75, 3.05) is 11.5 Å². The molecule has 0 spiro atoms. The Morgan fingerprint density at radius 3 is 2.32 bits per heavy atom.